The maximum absolute atomic E-state index is 13.1. The number of nitrogens with zero attached hydrogens (tertiary/aromatic N) is 2. The number of carbonyl (C=O) groups excluding carboxylic acids is 1. The van der Waals surface area contributed by atoms with E-state index < -0.39 is 0 Å². The third-order valence-electron chi connectivity index (χ3n) is 6.30. The summed E-state index contributed by atoms with van der Waals surface area (Å²) in [6, 6.07) is 11.5. The van der Waals surface area contributed by atoms with Crippen molar-refractivity contribution in [3.8, 4) is 17.2 Å². The lowest BCUT2D eigenvalue weighted by Gasteiger charge is -2.44. The maximum atomic E-state index is 13.1. The Bertz CT molecular complexity index is 1070. The first kappa shape index (κ1) is 20.4. The second kappa shape index (κ2) is 8.11. The van der Waals surface area contributed by atoms with Gasteiger partial charge in [0.15, 0.2) is 5.58 Å². The van der Waals surface area contributed by atoms with Crippen LogP contribution < -0.4 is 10.1 Å². The lowest BCUT2D eigenvalue weighted by Crippen LogP contribution is -2.57. The van der Waals surface area contributed by atoms with Gasteiger partial charge >= 0.3 is 0 Å². The number of rotatable bonds is 4. The molecule has 158 valence electrons. The molecule has 1 unspecified atom stereocenters. The topological polar surface area (TPSA) is 67.6 Å². The Morgan fingerprint density at radius 2 is 2.03 bits per heavy atom. The van der Waals surface area contributed by atoms with Crippen molar-refractivity contribution < 1.29 is 13.9 Å². The van der Waals surface area contributed by atoms with Gasteiger partial charge < -0.3 is 19.4 Å². The lowest BCUT2D eigenvalue weighted by molar-refractivity contribution is 0.0621. The van der Waals surface area contributed by atoms with Gasteiger partial charge in [-0.1, -0.05) is 13.5 Å². The number of nitrogens with one attached hydrogen (secondary N) is 1. The normalized spacial score (nSPS) is 22.5. The number of para-hydroxylation sites is 1. The van der Waals surface area contributed by atoms with Gasteiger partial charge in [0.25, 0.3) is 5.91 Å². The summed E-state index contributed by atoms with van der Waals surface area (Å²) in [5, 5.41) is 3.26. The van der Waals surface area contributed by atoms with Crippen LogP contribution in [0.2, 0.25) is 0 Å². The molecule has 0 aliphatic carbocycles. The fourth-order valence-corrected chi connectivity index (χ4v) is 4.62. The van der Waals surface area contributed by atoms with Crippen LogP contribution in [0.25, 0.3) is 22.6 Å². The van der Waals surface area contributed by atoms with E-state index in [1.807, 2.05) is 43.3 Å². The average Bonchev–Trinajstić information content (AvgIpc) is 3.18. The number of aryl methyl sites for hydroxylation is 1. The van der Waals surface area contributed by atoms with Crippen molar-refractivity contribution in [3.05, 3.63) is 47.5 Å². The third kappa shape index (κ3) is 3.56. The van der Waals surface area contributed by atoms with E-state index in [2.05, 4.69) is 15.2 Å². The molecule has 6 nitrogen and oxygen atoms in total. The van der Waals surface area contributed by atoms with E-state index in [0.29, 0.717) is 28.5 Å². The first-order valence-corrected chi connectivity index (χ1v) is 10.2. The number of benzene rings is 2. The van der Waals surface area contributed by atoms with Crippen LogP contribution in [-0.2, 0) is 0 Å². The minimum absolute atomic E-state index is 0. The van der Waals surface area contributed by atoms with Crippen LogP contribution in [0.5, 0.6) is 5.75 Å². The van der Waals surface area contributed by atoms with Gasteiger partial charge in [0, 0.05) is 18.2 Å². The zero-order valence-electron chi connectivity index (χ0n) is 16.8. The zero-order valence-corrected chi connectivity index (χ0v) is 16.8. The fraction of sp³-hybridized carbons (Fsp3) is 0.417. The van der Waals surface area contributed by atoms with E-state index in [9.17, 15) is 4.79 Å². The molecule has 1 atom stereocenters. The Morgan fingerprint density at radius 1 is 1.23 bits per heavy atom. The minimum Gasteiger partial charge on any atom is -0.497 e. The van der Waals surface area contributed by atoms with Crippen molar-refractivity contribution in [3.63, 3.8) is 0 Å². The molecule has 3 aromatic rings. The third-order valence-corrected chi connectivity index (χ3v) is 6.30. The van der Waals surface area contributed by atoms with E-state index in [1.54, 1.807) is 7.11 Å². The fourth-order valence-electron chi connectivity index (χ4n) is 4.62. The molecule has 4 heterocycles. The van der Waals surface area contributed by atoms with Gasteiger partial charge in [-0.3, -0.25) is 4.79 Å². The van der Waals surface area contributed by atoms with Crippen molar-refractivity contribution in [2.24, 2.45) is 5.92 Å². The van der Waals surface area contributed by atoms with E-state index >= 15 is 0 Å². The number of hydrogen-bond acceptors (Lipinski definition) is 5. The molecule has 0 spiro atoms. The Morgan fingerprint density at radius 3 is 2.70 bits per heavy atom. The van der Waals surface area contributed by atoms with E-state index in [0.717, 1.165) is 36.5 Å². The maximum Gasteiger partial charge on any atom is 0.253 e. The number of methoxy groups -OCH3 is 1. The highest BCUT2D eigenvalue weighted by Crippen LogP contribution is 2.31. The van der Waals surface area contributed by atoms with Crippen LogP contribution in [0, 0.1) is 12.8 Å². The molecule has 3 saturated heterocycles. The lowest BCUT2D eigenvalue weighted by atomic mass is 9.84. The number of amides is 1. The number of piperidine rings is 3. The van der Waals surface area contributed by atoms with Crippen molar-refractivity contribution in [2.75, 3.05) is 26.7 Å². The second-order valence-electron chi connectivity index (χ2n) is 8.07. The molecular weight excluding hydrogens is 378 g/mol. The summed E-state index contributed by atoms with van der Waals surface area (Å²) in [5.74, 6) is 1.82. The number of oxazole rings is 1. The summed E-state index contributed by atoms with van der Waals surface area (Å²) in [4.78, 5) is 20.2. The van der Waals surface area contributed by atoms with Gasteiger partial charge in [0.1, 0.15) is 11.3 Å². The molecule has 3 aliphatic rings. The number of carbonyl (C=O) groups is 1. The van der Waals surface area contributed by atoms with Crippen molar-refractivity contribution in [1.29, 1.82) is 0 Å². The predicted molar refractivity (Wildman–Crippen MR) is 118 cm³/mol. The Balaban J connectivity index is 0.00000218. The van der Waals surface area contributed by atoms with E-state index in [-0.39, 0.29) is 19.4 Å². The Labute approximate surface area is 177 Å². The molecule has 1 aromatic heterocycles. The van der Waals surface area contributed by atoms with Gasteiger partial charge in [-0.15, -0.1) is 0 Å². The highest BCUT2D eigenvalue weighted by molar-refractivity contribution is 6.05. The molecule has 0 saturated carbocycles. The molecule has 0 radical (unpaired) electrons. The molecule has 3 aliphatic heterocycles. The number of hydrogen-bond donors (Lipinski definition) is 1. The quantitative estimate of drug-likeness (QED) is 0.699. The van der Waals surface area contributed by atoms with E-state index in [4.69, 9.17) is 9.15 Å². The molecule has 6 rings (SSSR count). The Kier molecular flexibility index (Phi) is 5.52. The summed E-state index contributed by atoms with van der Waals surface area (Å²) in [6.45, 7) is 5.25. The summed E-state index contributed by atoms with van der Waals surface area (Å²) < 4.78 is 11.3. The van der Waals surface area contributed by atoms with Crippen LogP contribution in [0.3, 0.4) is 0 Å². The Hall–Kier alpha value is -2.86. The average molecular weight is 408 g/mol. The van der Waals surface area contributed by atoms with Crippen LogP contribution in [0.15, 0.2) is 40.8 Å². The van der Waals surface area contributed by atoms with Crippen LogP contribution in [0.4, 0.5) is 0 Å². The first-order valence-electron chi connectivity index (χ1n) is 10.2. The standard InChI is InChI=1S/C23H25N3O3.CH4/c1-14-12-16(28-2)6-7-17(14)23-25-21-18(4-3-5-20(21)29-23)22(27)24-19-13-26-10-8-15(19)9-11-26;/h3-7,12,15,19H,8-11,13H2,1-2H3,(H,24,27);1H4. The van der Waals surface area contributed by atoms with E-state index in [1.165, 1.54) is 12.8 Å². The van der Waals surface area contributed by atoms with Gasteiger partial charge in [0.05, 0.1) is 12.7 Å². The SMILES string of the molecule is C.COc1ccc(-c2nc3c(C(=O)NC4CN5CCC4CC5)cccc3o2)c(C)c1. The molecule has 2 bridgehead atoms. The molecule has 3 fully saturated rings. The monoisotopic (exact) mass is 407 g/mol. The smallest absolute Gasteiger partial charge is 0.253 e. The van der Waals surface area contributed by atoms with Crippen molar-refractivity contribution in [1.82, 2.24) is 15.2 Å². The van der Waals surface area contributed by atoms with Crippen LogP contribution in [-0.4, -0.2) is 48.6 Å². The first-order chi connectivity index (χ1) is 14.1. The second-order valence-corrected chi connectivity index (χ2v) is 8.07. The minimum atomic E-state index is -0.0688. The van der Waals surface area contributed by atoms with Crippen molar-refractivity contribution in [2.45, 2.75) is 33.2 Å². The largest absolute Gasteiger partial charge is 0.497 e. The number of aromatic nitrogens is 1. The summed E-state index contributed by atoms with van der Waals surface area (Å²) in [5.41, 5.74) is 3.70. The summed E-state index contributed by atoms with van der Waals surface area (Å²) in [6.07, 6.45) is 2.33. The summed E-state index contributed by atoms with van der Waals surface area (Å²) >= 11 is 0. The molecule has 1 N–H and O–H groups in total. The zero-order chi connectivity index (χ0) is 20.0. The molecular formula is C24H29N3O3. The van der Waals surface area contributed by atoms with Gasteiger partial charge in [-0.05, 0) is 74.7 Å². The highest BCUT2D eigenvalue weighted by atomic mass is 16.5. The predicted octanol–water partition coefficient (Wildman–Crippen LogP) is 4.27. The summed E-state index contributed by atoms with van der Waals surface area (Å²) in [7, 11) is 1.65. The van der Waals surface area contributed by atoms with Gasteiger partial charge in [-0.25, -0.2) is 4.98 Å². The van der Waals surface area contributed by atoms with Crippen LogP contribution in [0.1, 0.15) is 36.2 Å². The van der Waals surface area contributed by atoms with Gasteiger partial charge in [-0.2, -0.15) is 0 Å². The number of ether oxygens (including phenoxy) is 1. The molecule has 6 heteroatoms. The van der Waals surface area contributed by atoms with Gasteiger partial charge in [0.2, 0.25) is 5.89 Å². The molecule has 1 amide bonds. The number of fused-ring (bicyclic) bond motifs is 4. The van der Waals surface area contributed by atoms with Crippen LogP contribution >= 0.6 is 0 Å². The molecule has 30 heavy (non-hydrogen) atoms. The highest BCUT2D eigenvalue weighted by Gasteiger charge is 2.35. The molecule has 2 aromatic carbocycles. The van der Waals surface area contributed by atoms with Crippen molar-refractivity contribution >= 4 is 17.0 Å².